The van der Waals surface area contributed by atoms with Gasteiger partial charge in [0.25, 0.3) is 0 Å². The average Bonchev–Trinajstić information content (AvgIpc) is 3.90. The number of allylic oxidation sites excluding steroid dienone is 1. The highest BCUT2D eigenvalue weighted by Gasteiger charge is 2.24. The molecule has 0 aliphatic heterocycles. The maximum Gasteiger partial charge on any atom is 0.236 e. The first-order valence-electron chi connectivity index (χ1n) is 18.1. The molecule has 12 rings (SSSR count). The number of para-hydroxylation sites is 1. The topological polar surface area (TPSA) is 30.7 Å². The highest BCUT2D eigenvalue weighted by Crippen LogP contribution is 2.48. The number of aryl methyl sites for hydroxylation is 1. The fraction of sp³-hybridized carbons (Fsp3) is 0.0417. The molecule has 0 amide bonds. The predicted octanol–water partition coefficient (Wildman–Crippen LogP) is 13.8. The molecule has 11 aromatic rings. The average molecular weight is 712 g/mol. The van der Waals surface area contributed by atoms with E-state index in [1.54, 1.807) is 11.3 Å². The van der Waals surface area contributed by atoms with Crippen LogP contribution in [0.5, 0.6) is 0 Å². The van der Waals surface area contributed by atoms with Gasteiger partial charge in [0.1, 0.15) is 4.83 Å². The van der Waals surface area contributed by atoms with E-state index >= 15 is 0 Å². The Morgan fingerprint density at radius 1 is 0.528 bits per heavy atom. The van der Waals surface area contributed by atoms with Crippen LogP contribution in [-0.2, 0) is 6.42 Å². The molecule has 0 saturated carbocycles. The van der Waals surface area contributed by atoms with Gasteiger partial charge in [0.2, 0.25) is 5.95 Å². The van der Waals surface area contributed by atoms with Crippen LogP contribution >= 0.6 is 22.7 Å². The lowest BCUT2D eigenvalue weighted by molar-refractivity contribution is 0.986. The molecule has 4 aromatic heterocycles. The third kappa shape index (κ3) is 4.26. The summed E-state index contributed by atoms with van der Waals surface area (Å²) in [6.45, 7) is 0. The first-order valence-corrected chi connectivity index (χ1v) is 19.8. The fourth-order valence-electron chi connectivity index (χ4n) is 8.67. The third-order valence-corrected chi connectivity index (χ3v) is 13.4. The molecule has 0 atom stereocenters. The molecule has 0 spiro atoms. The number of benzene rings is 7. The van der Waals surface area contributed by atoms with Crippen LogP contribution in [0, 0.1) is 0 Å². The number of thiophene rings is 2. The Balaban J connectivity index is 1.17. The second-order valence-electron chi connectivity index (χ2n) is 14.0. The minimum atomic E-state index is 0.697. The van der Waals surface area contributed by atoms with Gasteiger partial charge in [-0.3, -0.25) is 4.57 Å². The van der Waals surface area contributed by atoms with E-state index in [0.29, 0.717) is 5.95 Å². The van der Waals surface area contributed by atoms with Gasteiger partial charge in [0, 0.05) is 57.4 Å². The zero-order chi connectivity index (χ0) is 34.6. The summed E-state index contributed by atoms with van der Waals surface area (Å²) in [4.78, 5) is 12.1. The largest absolute Gasteiger partial charge is 0.277 e. The van der Waals surface area contributed by atoms with Crippen molar-refractivity contribution in [2.75, 3.05) is 0 Å². The lowest BCUT2D eigenvalue weighted by Gasteiger charge is -2.13. The molecule has 0 unspecified atom stereocenters. The van der Waals surface area contributed by atoms with E-state index in [-0.39, 0.29) is 0 Å². The summed E-state index contributed by atoms with van der Waals surface area (Å²) in [6, 6.07) is 51.0. The molecule has 53 heavy (non-hydrogen) atoms. The van der Waals surface area contributed by atoms with Crippen LogP contribution in [0.4, 0.5) is 0 Å². The maximum absolute atomic E-state index is 5.60. The Morgan fingerprint density at radius 2 is 1.19 bits per heavy atom. The van der Waals surface area contributed by atoms with Crippen molar-refractivity contribution in [3.63, 3.8) is 0 Å². The van der Waals surface area contributed by atoms with Crippen molar-refractivity contribution < 1.29 is 0 Å². The first-order chi connectivity index (χ1) is 26.3. The van der Waals surface area contributed by atoms with Crippen LogP contribution in [0.1, 0.15) is 17.5 Å². The third-order valence-electron chi connectivity index (χ3n) is 11.1. The SMILES string of the molecule is C1=Cc2cc(-c3ccc(-c4nc(-n5c6ccccc6c6c7ccccc7c7sc8ccccc8c7c65)nc5sc6ccccc6c45)cc3)ccc2CC1. The van der Waals surface area contributed by atoms with Gasteiger partial charge in [-0.1, -0.05) is 127 Å². The van der Waals surface area contributed by atoms with E-state index in [1.807, 2.05) is 11.3 Å². The molecule has 248 valence electrons. The number of rotatable bonds is 3. The second-order valence-corrected chi connectivity index (χ2v) is 16.1. The summed E-state index contributed by atoms with van der Waals surface area (Å²) in [5, 5.41) is 9.84. The van der Waals surface area contributed by atoms with Gasteiger partial charge < -0.3 is 0 Å². The molecule has 0 saturated heterocycles. The summed E-state index contributed by atoms with van der Waals surface area (Å²) in [7, 11) is 0. The van der Waals surface area contributed by atoms with E-state index in [4.69, 9.17) is 9.97 Å². The summed E-state index contributed by atoms with van der Waals surface area (Å²) in [6.07, 6.45) is 6.78. The van der Waals surface area contributed by atoms with Gasteiger partial charge in [0.05, 0.1) is 16.7 Å². The van der Waals surface area contributed by atoms with Crippen molar-refractivity contribution in [3.05, 3.63) is 157 Å². The van der Waals surface area contributed by atoms with Gasteiger partial charge >= 0.3 is 0 Å². The smallest absolute Gasteiger partial charge is 0.236 e. The zero-order valence-electron chi connectivity index (χ0n) is 28.5. The highest BCUT2D eigenvalue weighted by atomic mass is 32.1. The molecule has 0 radical (unpaired) electrons. The van der Waals surface area contributed by atoms with E-state index in [9.17, 15) is 0 Å². The zero-order valence-corrected chi connectivity index (χ0v) is 30.1. The van der Waals surface area contributed by atoms with Gasteiger partial charge in [-0.05, 0) is 64.7 Å². The molecule has 1 aliphatic rings. The van der Waals surface area contributed by atoms with Crippen molar-refractivity contribution in [2.45, 2.75) is 12.8 Å². The standard InChI is InChI=1S/C48H29N3S2/c1-2-12-31-27-32(26-23-28(31)11-1)29-21-24-30(25-22-29)44-42-36-16-6-10-20-40(36)53-47(42)50-48(49-44)51-38-18-8-5-15-35(38)41-33-13-3-4-14-34(33)46-43(45(41)51)37-17-7-9-19-39(37)52-46/h2-10,12-27H,1,11H2. The van der Waals surface area contributed by atoms with Crippen LogP contribution in [0.3, 0.4) is 0 Å². The summed E-state index contributed by atoms with van der Waals surface area (Å²) < 4.78 is 6.15. The van der Waals surface area contributed by atoms with Crippen molar-refractivity contribution in [2.24, 2.45) is 0 Å². The minimum absolute atomic E-state index is 0.697. The Hall–Kier alpha value is -6.14. The Kier molecular flexibility index (Phi) is 6.21. The van der Waals surface area contributed by atoms with Crippen LogP contribution in [0.2, 0.25) is 0 Å². The molecule has 3 nitrogen and oxygen atoms in total. The molecule has 0 N–H and O–H groups in total. The molecule has 4 heterocycles. The van der Waals surface area contributed by atoms with Crippen LogP contribution in [0.25, 0.3) is 107 Å². The normalized spacial score (nSPS) is 13.1. The van der Waals surface area contributed by atoms with E-state index in [2.05, 4.69) is 156 Å². The number of fused-ring (bicyclic) bond motifs is 14. The lowest BCUT2D eigenvalue weighted by Crippen LogP contribution is -2.03. The van der Waals surface area contributed by atoms with Gasteiger partial charge in [-0.15, -0.1) is 22.7 Å². The van der Waals surface area contributed by atoms with Gasteiger partial charge in [-0.25, -0.2) is 9.97 Å². The van der Waals surface area contributed by atoms with E-state index < -0.39 is 0 Å². The molecular formula is C48H29N3S2. The molecular weight excluding hydrogens is 683 g/mol. The van der Waals surface area contributed by atoms with Crippen molar-refractivity contribution in [1.82, 2.24) is 14.5 Å². The van der Waals surface area contributed by atoms with Crippen LogP contribution in [0.15, 0.2) is 146 Å². The number of nitrogens with zero attached hydrogens (tertiary/aromatic N) is 3. The quantitative estimate of drug-likeness (QED) is 0.183. The van der Waals surface area contributed by atoms with Crippen LogP contribution < -0.4 is 0 Å². The van der Waals surface area contributed by atoms with Gasteiger partial charge in [-0.2, -0.15) is 0 Å². The molecule has 0 bridgehead atoms. The second kappa shape index (κ2) is 11.2. The fourth-order valence-corrected chi connectivity index (χ4v) is 11.0. The molecule has 7 aromatic carbocycles. The van der Waals surface area contributed by atoms with E-state index in [1.165, 1.54) is 79.6 Å². The molecule has 5 heteroatoms. The Morgan fingerprint density at radius 3 is 2.02 bits per heavy atom. The monoisotopic (exact) mass is 711 g/mol. The summed E-state index contributed by atoms with van der Waals surface area (Å²) >= 11 is 3.62. The van der Waals surface area contributed by atoms with E-state index in [0.717, 1.165) is 39.8 Å². The lowest BCUT2D eigenvalue weighted by atomic mass is 9.93. The maximum atomic E-state index is 5.60. The van der Waals surface area contributed by atoms with Crippen molar-refractivity contribution in [3.8, 4) is 28.3 Å². The van der Waals surface area contributed by atoms with Crippen LogP contribution in [-0.4, -0.2) is 14.5 Å². The van der Waals surface area contributed by atoms with Gasteiger partial charge in [0.15, 0.2) is 0 Å². The Labute approximate surface area is 312 Å². The van der Waals surface area contributed by atoms with Crippen molar-refractivity contribution >= 4 is 102 Å². The summed E-state index contributed by atoms with van der Waals surface area (Å²) in [5.41, 5.74) is 9.52. The number of aromatic nitrogens is 3. The molecule has 0 fully saturated rings. The predicted molar refractivity (Wildman–Crippen MR) is 228 cm³/mol. The summed E-state index contributed by atoms with van der Waals surface area (Å²) in [5.74, 6) is 0.697. The first kappa shape index (κ1) is 29.4. The number of hydrogen-bond acceptors (Lipinski definition) is 4. The molecule has 1 aliphatic carbocycles. The van der Waals surface area contributed by atoms with Crippen molar-refractivity contribution in [1.29, 1.82) is 0 Å². The minimum Gasteiger partial charge on any atom is -0.277 e. The Bertz CT molecular complexity index is 3340. The number of hydrogen-bond donors (Lipinski definition) is 0. The highest BCUT2D eigenvalue weighted by molar-refractivity contribution is 7.27.